The lowest BCUT2D eigenvalue weighted by Gasteiger charge is -2.37. The van der Waals surface area contributed by atoms with Gasteiger partial charge in [-0.05, 0) is 52.1 Å². The van der Waals surface area contributed by atoms with Gasteiger partial charge in [0.05, 0.1) is 5.54 Å². The van der Waals surface area contributed by atoms with Gasteiger partial charge in [0.25, 0.3) is 0 Å². The molecule has 19 heavy (non-hydrogen) atoms. The second-order valence-corrected chi connectivity index (χ2v) is 5.97. The molecule has 0 bridgehead atoms. The average Bonchev–Trinajstić information content (AvgIpc) is 2.43. The van der Waals surface area contributed by atoms with Crippen LogP contribution in [0.3, 0.4) is 0 Å². The van der Waals surface area contributed by atoms with Crippen molar-refractivity contribution in [2.75, 3.05) is 19.6 Å². The Morgan fingerprint density at radius 3 is 2.74 bits per heavy atom. The van der Waals surface area contributed by atoms with E-state index >= 15 is 0 Å². The molecule has 1 saturated heterocycles. The number of nitrogens with two attached hydrogens (primary N) is 1. The SMILES string of the molecule is CCCNC(C)(CCN1CCCCC1CC)C(N)=O. The van der Waals surface area contributed by atoms with Gasteiger partial charge in [-0.1, -0.05) is 20.3 Å². The molecule has 2 unspecified atom stereocenters. The topological polar surface area (TPSA) is 58.4 Å². The van der Waals surface area contributed by atoms with Crippen molar-refractivity contribution in [1.29, 1.82) is 0 Å². The Hall–Kier alpha value is -0.610. The smallest absolute Gasteiger partial charge is 0.237 e. The summed E-state index contributed by atoms with van der Waals surface area (Å²) in [6.07, 6.45) is 6.95. The Balaban J connectivity index is 2.52. The highest BCUT2D eigenvalue weighted by Gasteiger charge is 2.31. The van der Waals surface area contributed by atoms with E-state index in [4.69, 9.17) is 5.73 Å². The molecule has 0 spiro atoms. The normalized spacial score (nSPS) is 24.1. The number of likely N-dealkylation sites (tertiary alicyclic amines) is 1. The van der Waals surface area contributed by atoms with Crippen molar-refractivity contribution in [2.24, 2.45) is 5.73 Å². The molecule has 1 fully saturated rings. The Morgan fingerprint density at radius 1 is 1.42 bits per heavy atom. The molecule has 1 amide bonds. The number of carbonyl (C=O) groups is 1. The van der Waals surface area contributed by atoms with Crippen LogP contribution in [0.25, 0.3) is 0 Å². The molecule has 3 N–H and O–H groups in total. The molecule has 4 heteroatoms. The van der Waals surface area contributed by atoms with Gasteiger partial charge in [-0.2, -0.15) is 0 Å². The van der Waals surface area contributed by atoms with Crippen LogP contribution < -0.4 is 11.1 Å². The zero-order valence-electron chi connectivity index (χ0n) is 12.9. The van der Waals surface area contributed by atoms with Crippen LogP contribution in [-0.2, 0) is 4.79 Å². The van der Waals surface area contributed by atoms with E-state index in [9.17, 15) is 4.79 Å². The second kappa shape index (κ2) is 7.85. The summed E-state index contributed by atoms with van der Waals surface area (Å²) in [4.78, 5) is 14.2. The zero-order valence-corrected chi connectivity index (χ0v) is 12.9. The number of amides is 1. The number of nitrogens with zero attached hydrogens (tertiary/aromatic N) is 1. The second-order valence-electron chi connectivity index (χ2n) is 5.97. The van der Waals surface area contributed by atoms with E-state index in [-0.39, 0.29) is 5.91 Å². The van der Waals surface area contributed by atoms with Gasteiger partial charge in [0.15, 0.2) is 0 Å². The monoisotopic (exact) mass is 269 g/mol. The fraction of sp³-hybridized carbons (Fsp3) is 0.933. The number of primary amides is 1. The van der Waals surface area contributed by atoms with E-state index in [0.29, 0.717) is 6.04 Å². The summed E-state index contributed by atoms with van der Waals surface area (Å²) in [6.45, 7) is 9.28. The van der Waals surface area contributed by atoms with E-state index < -0.39 is 5.54 Å². The molecule has 112 valence electrons. The molecule has 0 aromatic heterocycles. The van der Waals surface area contributed by atoms with Gasteiger partial charge in [-0.3, -0.25) is 4.79 Å². The van der Waals surface area contributed by atoms with Crippen LogP contribution in [0, 0.1) is 0 Å². The lowest BCUT2D eigenvalue weighted by molar-refractivity contribution is -0.124. The minimum Gasteiger partial charge on any atom is -0.368 e. The third kappa shape index (κ3) is 4.77. The number of hydrogen-bond donors (Lipinski definition) is 2. The molecule has 1 rings (SSSR count). The first-order valence-electron chi connectivity index (χ1n) is 7.82. The predicted octanol–water partition coefficient (Wildman–Crippen LogP) is 1.88. The number of rotatable bonds is 8. The molecule has 0 aliphatic carbocycles. The van der Waals surface area contributed by atoms with Gasteiger partial charge >= 0.3 is 0 Å². The maximum atomic E-state index is 11.7. The molecule has 0 saturated carbocycles. The first-order valence-corrected chi connectivity index (χ1v) is 7.82. The quantitative estimate of drug-likeness (QED) is 0.707. The Morgan fingerprint density at radius 2 is 2.16 bits per heavy atom. The lowest BCUT2D eigenvalue weighted by atomic mass is 9.94. The van der Waals surface area contributed by atoms with Crippen LogP contribution in [0.5, 0.6) is 0 Å². The summed E-state index contributed by atoms with van der Waals surface area (Å²) in [5.41, 5.74) is 5.01. The average molecular weight is 269 g/mol. The van der Waals surface area contributed by atoms with E-state index in [0.717, 1.165) is 25.9 Å². The van der Waals surface area contributed by atoms with Crippen molar-refractivity contribution >= 4 is 5.91 Å². The third-order valence-corrected chi connectivity index (χ3v) is 4.43. The Labute approximate surface area is 118 Å². The minimum atomic E-state index is -0.564. The molecule has 0 radical (unpaired) electrons. The first kappa shape index (κ1) is 16.4. The van der Waals surface area contributed by atoms with Crippen LogP contribution in [0.2, 0.25) is 0 Å². The van der Waals surface area contributed by atoms with Crippen molar-refractivity contribution in [3.63, 3.8) is 0 Å². The zero-order chi connectivity index (χ0) is 14.3. The van der Waals surface area contributed by atoms with E-state index in [1.165, 1.54) is 32.2 Å². The minimum absolute atomic E-state index is 0.231. The highest BCUT2D eigenvalue weighted by Crippen LogP contribution is 2.21. The fourth-order valence-corrected chi connectivity index (χ4v) is 2.88. The standard InChI is InChI=1S/C15H31N3O/c1-4-10-17-15(3,14(16)19)9-12-18-11-7-6-8-13(18)5-2/h13,17H,4-12H2,1-3H3,(H2,16,19). The van der Waals surface area contributed by atoms with Crippen LogP contribution in [-0.4, -0.2) is 42.0 Å². The van der Waals surface area contributed by atoms with Crippen LogP contribution >= 0.6 is 0 Å². The summed E-state index contributed by atoms with van der Waals surface area (Å²) < 4.78 is 0. The first-order chi connectivity index (χ1) is 9.03. The predicted molar refractivity (Wildman–Crippen MR) is 80.0 cm³/mol. The van der Waals surface area contributed by atoms with Crippen molar-refractivity contribution < 1.29 is 4.79 Å². The van der Waals surface area contributed by atoms with Gasteiger partial charge in [0, 0.05) is 12.6 Å². The highest BCUT2D eigenvalue weighted by molar-refractivity contribution is 5.84. The third-order valence-electron chi connectivity index (χ3n) is 4.43. The number of nitrogens with one attached hydrogen (secondary N) is 1. The number of carbonyl (C=O) groups excluding carboxylic acids is 1. The van der Waals surface area contributed by atoms with Crippen molar-refractivity contribution in [3.8, 4) is 0 Å². The Kier molecular flexibility index (Phi) is 6.80. The molecular weight excluding hydrogens is 238 g/mol. The molecule has 1 aliphatic rings. The van der Waals surface area contributed by atoms with E-state index in [1.807, 2.05) is 6.92 Å². The molecular formula is C15H31N3O. The molecule has 2 atom stereocenters. The molecule has 1 aliphatic heterocycles. The molecule has 1 heterocycles. The summed E-state index contributed by atoms with van der Waals surface area (Å²) in [5.74, 6) is -0.231. The van der Waals surface area contributed by atoms with Gasteiger partial charge < -0.3 is 16.0 Å². The number of piperidine rings is 1. The van der Waals surface area contributed by atoms with Crippen LogP contribution in [0.1, 0.15) is 59.3 Å². The maximum Gasteiger partial charge on any atom is 0.237 e. The van der Waals surface area contributed by atoms with Crippen LogP contribution in [0.4, 0.5) is 0 Å². The Bertz CT molecular complexity index is 283. The number of hydrogen-bond acceptors (Lipinski definition) is 3. The summed E-state index contributed by atoms with van der Waals surface area (Å²) >= 11 is 0. The highest BCUT2D eigenvalue weighted by atomic mass is 16.1. The van der Waals surface area contributed by atoms with Crippen molar-refractivity contribution in [2.45, 2.75) is 70.9 Å². The summed E-state index contributed by atoms with van der Waals surface area (Å²) in [5, 5.41) is 3.32. The molecule has 0 aromatic carbocycles. The van der Waals surface area contributed by atoms with E-state index in [2.05, 4.69) is 24.1 Å². The van der Waals surface area contributed by atoms with Gasteiger partial charge in [0.2, 0.25) is 5.91 Å². The summed E-state index contributed by atoms with van der Waals surface area (Å²) in [7, 11) is 0. The van der Waals surface area contributed by atoms with Crippen LogP contribution in [0.15, 0.2) is 0 Å². The van der Waals surface area contributed by atoms with Gasteiger partial charge in [0.1, 0.15) is 0 Å². The lowest BCUT2D eigenvalue weighted by Crippen LogP contribution is -2.55. The summed E-state index contributed by atoms with van der Waals surface area (Å²) in [6, 6.07) is 0.692. The van der Waals surface area contributed by atoms with Gasteiger partial charge in [-0.25, -0.2) is 0 Å². The fourth-order valence-electron chi connectivity index (χ4n) is 2.88. The van der Waals surface area contributed by atoms with Gasteiger partial charge in [-0.15, -0.1) is 0 Å². The molecule has 0 aromatic rings. The largest absolute Gasteiger partial charge is 0.368 e. The van der Waals surface area contributed by atoms with Crippen molar-refractivity contribution in [3.05, 3.63) is 0 Å². The maximum absolute atomic E-state index is 11.7. The molecule has 4 nitrogen and oxygen atoms in total. The van der Waals surface area contributed by atoms with Crippen molar-refractivity contribution in [1.82, 2.24) is 10.2 Å². The van der Waals surface area contributed by atoms with E-state index in [1.54, 1.807) is 0 Å².